The summed E-state index contributed by atoms with van der Waals surface area (Å²) in [7, 11) is 0. The molecule has 1 saturated heterocycles. The zero-order valence-electron chi connectivity index (χ0n) is 19.2. The number of carbonyl (C=O) groups excluding carboxylic acids is 1. The monoisotopic (exact) mass is 443 g/mol. The van der Waals surface area contributed by atoms with Crippen LogP contribution in [-0.4, -0.2) is 55.6 Å². The summed E-state index contributed by atoms with van der Waals surface area (Å²) in [6.45, 7) is 8.01. The molecule has 4 heterocycles. The minimum atomic E-state index is -0.104. The normalized spacial score (nSPS) is 17.8. The van der Waals surface area contributed by atoms with Gasteiger partial charge in [0.25, 0.3) is 5.91 Å². The fourth-order valence-electron chi connectivity index (χ4n) is 4.44. The molecule has 0 radical (unpaired) electrons. The van der Waals surface area contributed by atoms with Crippen molar-refractivity contribution in [1.82, 2.24) is 29.8 Å². The number of carbonyl (C=O) groups is 1. The van der Waals surface area contributed by atoms with Gasteiger partial charge in [0.1, 0.15) is 5.69 Å². The van der Waals surface area contributed by atoms with Crippen LogP contribution < -0.4 is 11.1 Å². The maximum absolute atomic E-state index is 12.4. The topological polar surface area (TPSA) is 101 Å². The fraction of sp³-hybridized carbons (Fsp3) is 0.360. The van der Waals surface area contributed by atoms with Crippen molar-refractivity contribution < 1.29 is 4.79 Å². The molecule has 33 heavy (non-hydrogen) atoms. The molecule has 1 aromatic carbocycles. The number of pyridine rings is 2. The third-order valence-corrected chi connectivity index (χ3v) is 6.31. The number of aromatic nitrogens is 4. The Bertz CT molecular complexity index is 1330. The van der Waals surface area contributed by atoms with Gasteiger partial charge >= 0.3 is 0 Å². The van der Waals surface area contributed by atoms with Crippen LogP contribution in [0.4, 0.5) is 0 Å². The van der Waals surface area contributed by atoms with E-state index in [2.05, 4.69) is 39.6 Å². The summed E-state index contributed by atoms with van der Waals surface area (Å²) in [6.07, 6.45) is 3.13. The molecule has 1 aliphatic rings. The third kappa shape index (κ3) is 4.19. The Hall–Kier alpha value is -3.36. The fourth-order valence-corrected chi connectivity index (χ4v) is 4.44. The van der Waals surface area contributed by atoms with Crippen LogP contribution in [0, 0.1) is 0 Å². The molecule has 0 aliphatic carbocycles. The van der Waals surface area contributed by atoms with E-state index in [0.717, 1.165) is 36.1 Å². The lowest BCUT2D eigenvalue weighted by molar-refractivity contribution is 0.0943. The highest BCUT2D eigenvalue weighted by atomic mass is 16.1. The van der Waals surface area contributed by atoms with Gasteiger partial charge in [0.05, 0.1) is 5.52 Å². The van der Waals surface area contributed by atoms with Crippen LogP contribution in [0.5, 0.6) is 0 Å². The third-order valence-electron chi connectivity index (χ3n) is 6.31. The van der Waals surface area contributed by atoms with Crippen LogP contribution in [0.2, 0.25) is 0 Å². The predicted molar refractivity (Wildman–Crippen MR) is 129 cm³/mol. The molecule has 5 rings (SSSR count). The van der Waals surface area contributed by atoms with Crippen molar-refractivity contribution in [3.8, 4) is 11.5 Å². The Labute approximate surface area is 192 Å². The number of fused-ring (bicyclic) bond motifs is 2. The SMILES string of the molecule is CC(C)NC(=O)c1ccc2ccc(-c3nnc4ccc([C@H](C)N5CC[C@@H](N)C5)cn34)nc2c1. The Morgan fingerprint density at radius 3 is 2.70 bits per heavy atom. The summed E-state index contributed by atoms with van der Waals surface area (Å²) in [5.74, 6) is 0.573. The standard InChI is InChI=1S/C25H29N7O/c1-15(2)27-25(33)18-5-4-17-6-8-21(28-22(17)12-18)24-30-29-23-9-7-19(13-32(23)24)16(3)31-11-10-20(26)14-31/h4-9,12-13,15-16,20H,10-11,14,26H2,1-3H3,(H,27,33)/t16-,20+/m0/s1. The largest absolute Gasteiger partial charge is 0.350 e. The van der Waals surface area contributed by atoms with E-state index in [1.807, 2.05) is 54.6 Å². The van der Waals surface area contributed by atoms with Gasteiger partial charge < -0.3 is 11.1 Å². The van der Waals surface area contributed by atoms with E-state index in [-0.39, 0.29) is 24.0 Å². The first-order valence-corrected chi connectivity index (χ1v) is 11.5. The molecule has 4 aromatic rings. The summed E-state index contributed by atoms with van der Waals surface area (Å²) < 4.78 is 1.99. The molecule has 1 aliphatic heterocycles. The van der Waals surface area contributed by atoms with Gasteiger partial charge in [-0.05, 0) is 57.0 Å². The van der Waals surface area contributed by atoms with E-state index in [1.165, 1.54) is 5.56 Å². The van der Waals surface area contributed by atoms with Gasteiger partial charge in [0.2, 0.25) is 0 Å². The number of nitrogens with zero attached hydrogens (tertiary/aromatic N) is 5. The Kier molecular flexibility index (Phi) is 5.55. The number of rotatable bonds is 5. The van der Waals surface area contributed by atoms with Crippen LogP contribution in [0.15, 0.2) is 48.7 Å². The van der Waals surface area contributed by atoms with Gasteiger partial charge in [-0.25, -0.2) is 4.98 Å². The van der Waals surface area contributed by atoms with E-state index in [1.54, 1.807) is 0 Å². The number of benzene rings is 1. The molecule has 3 aromatic heterocycles. The maximum Gasteiger partial charge on any atom is 0.251 e. The number of hydrogen-bond donors (Lipinski definition) is 2. The first-order chi connectivity index (χ1) is 15.9. The van der Waals surface area contributed by atoms with Crippen LogP contribution >= 0.6 is 0 Å². The molecule has 2 atom stereocenters. The van der Waals surface area contributed by atoms with E-state index < -0.39 is 0 Å². The number of amides is 1. The van der Waals surface area contributed by atoms with Crippen molar-refractivity contribution in [3.63, 3.8) is 0 Å². The van der Waals surface area contributed by atoms with E-state index >= 15 is 0 Å². The molecular weight excluding hydrogens is 414 g/mol. The van der Waals surface area contributed by atoms with Crippen molar-refractivity contribution in [1.29, 1.82) is 0 Å². The molecular formula is C25H29N7O. The molecule has 3 N–H and O–H groups in total. The van der Waals surface area contributed by atoms with E-state index in [0.29, 0.717) is 17.1 Å². The lowest BCUT2D eigenvalue weighted by atomic mass is 10.1. The number of nitrogens with one attached hydrogen (secondary N) is 1. The van der Waals surface area contributed by atoms with Crippen molar-refractivity contribution in [2.24, 2.45) is 5.73 Å². The van der Waals surface area contributed by atoms with Gasteiger partial charge in [-0.3, -0.25) is 14.1 Å². The second-order valence-electron chi connectivity index (χ2n) is 9.17. The minimum absolute atomic E-state index is 0.0720. The average molecular weight is 444 g/mol. The zero-order valence-corrected chi connectivity index (χ0v) is 19.2. The molecule has 8 heteroatoms. The Morgan fingerprint density at radius 2 is 1.94 bits per heavy atom. The molecule has 170 valence electrons. The van der Waals surface area contributed by atoms with E-state index in [9.17, 15) is 4.79 Å². The second-order valence-corrected chi connectivity index (χ2v) is 9.17. The number of hydrogen-bond acceptors (Lipinski definition) is 6. The molecule has 1 fully saturated rings. The van der Waals surface area contributed by atoms with Crippen molar-refractivity contribution in [2.45, 2.75) is 45.3 Å². The molecule has 0 unspecified atom stereocenters. The van der Waals surface area contributed by atoms with Crippen molar-refractivity contribution >= 4 is 22.5 Å². The van der Waals surface area contributed by atoms with E-state index in [4.69, 9.17) is 10.7 Å². The summed E-state index contributed by atoms with van der Waals surface area (Å²) in [6, 6.07) is 14.2. The smallest absolute Gasteiger partial charge is 0.251 e. The first-order valence-electron chi connectivity index (χ1n) is 11.5. The van der Waals surface area contributed by atoms with Crippen LogP contribution in [0.3, 0.4) is 0 Å². The number of likely N-dealkylation sites (tertiary alicyclic amines) is 1. The Balaban J connectivity index is 1.51. The van der Waals surface area contributed by atoms with Gasteiger partial charge in [0.15, 0.2) is 11.5 Å². The highest BCUT2D eigenvalue weighted by Gasteiger charge is 2.25. The summed E-state index contributed by atoms with van der Waals surface area (Å²) in [5.41, 5.74) is 10.1. The van der Waals surface area contributed by atoms with Gasteiger partial charge in [-0.2, -0.15) is 0 Å². The lowest BCUT2D eigenvalue weighted by Crippen LogP contribution is -2.29. The minimum Gasteiger partial charge on any atom is -0.350 e. The summed E-state index contributed by atoms with van der Waals surface area (Å²) >= 11 is 0. The lowest BCUT2D eigenvalue weighted by Gasteiger charge is -2.24. The number of nitrogens with two attached hydrogens (primary N) is 1. The van der Waals surface area contributed by atoms with Crippen LogP contribution in [0.25, 0.3) is 28.1 Å². The highest BCUT2D eigenvalue weighted by Crippen LogP contribution is 2.27. The van der Waals surface area contributed by atoms with Gasteiger partial charge in [-0.15, -0.1) is 10.2 Å². The second kappa shape index (κ2) is 8.53. The van der Waals surface area contributed by atoms with Gasteiger partial charge in [0, 0.05) is 48.4 Å². The van der Waals surface area contributed by atoms with Crippen LogP contribution in [-0.2, 0) is 0 Å². The molecule has 1 amide bonds. The summed E-state index contributed by atoms with van der Waals surface area (Å²) in [5, 5.41) is 12.6. The van der Waals surface area contributed by atoms with Crippen LogP contribution in [0.1, 0.15) is 49.2 Å². The average Bonchev–Trinajstić information content (AvgIpc) is 3.43. The zero-order chi connectivity index (χ0) is 23.1. The highest BCUT2D eigenvalue weighted by molar-refractivity contribution is 5.98. The predicted octanol–water partition coefficient (Wildman–Crippen LogP) is 3.18. The maximum atomic E-state index is 12.4. The summed E-state index contributed by atoms with van der Waals surface area (Å²) in [4.78, 5) is 19.7. The quantitative estimate of drug-likeness (QED) is 0.491. The van der Waals surface area contributed by atoms with Gasteiger partial charge in [-0.1, -0.05) is 18.2 Å². The molecule has 0 spiro atoms. The van der Waals surface area contributed by atoms with Crippen molar-refractivity contribution in [2.75, 3.05) is 13.1 Å². The molecule has 0 bridgehead atoms. The molecule has 8 nitrogen and oxygen atoms in total. The Morgan fingerprint density at radius 1 is 1.12 bits per heavy atom. The first kappa shape index (κ1) is 21.5. The molecule has 0 saturated carbocycles. The van der Waals surface area contributed by atoms with Crippen molar-refractivity contribution in [3.05, 3.63) is 59.8 Å².